The highest BCUT2D eigenvalue weighted by Crippen LogP contribution is 2.37. The summed E-state index contributed by atoms with van der Waals surface area (Å²) in [5, 5.41) is 4.91. The Kier molecular flexibility index (Phi) is 5.37. The van der Waals surface area contributed by atoms with Gasteiger partial charge in [-0.25, -0.2) is 4.68 Å². The van der Waals surface area contributed by atoms with E-state index < -0.39 is 0 Å². The molecular weight excluding hydrogens is 390 g/mol. The van der Waals surface area contributed by atoms with Crippen molar-refractivity contribution in [2.45, 2.75) is 31.9 Å². The van der Waals surface area contributed by atoms with Gasteiger partial charge in [0.05, 0.1) is 24.6 Å². The molecule has 1 amide bonds. The summed E-state index contributed by atoms with van der Waals surface area (Å²) < 4.78 is 13.1. The fourth-order valence-corrected chi connectivity index (χ4v) is 4.15. The third-order valence-corrected chi connectivity index (χ3v) is 5.90. The topological polar surface area (TPSA) is 56.6 Å². The highest BCUT2D eigenvalue weighted by molar-refractivity contribution is 6.31. The molecule has 6 nitrogen and oxygen atoms in total. The molecule has 2 unspecified atom stereocenters. The zero-order chi connectivity index (χ0) is 20.5. The standard InChI is InChI=1S/C22H24ClN3O3/c1-14(16-4-6-19(28-3)7-5-16)25-12-17(10-22(25)27)15(2)29-21-11-18(23)13-26-20(21)8-9-24-26/h4-9,13-14,17,21H,2,10-12H2,1,3H3/t14-,17?,21?/m1/s1. The maximum absolute atomic E-state index is 12.7. The molecule has 0 bridgehead atoms. The Balaban J connectivity index is 1.42. The highest BCUT2D eigenvalue weighted by Gasteiger charge is 2.36. The normalized spacial score (nSPS) is 22.1. The zero-order valence-corrected chi connectivity index (χ0v) is 17.3. The van der Waals surface area contributed by atoms with Crippen LogP contribution in [0.1, 0.15) is 43.2 Å². The molecule has 152 valence electrons. The largest absolute Gasteiger partial charge is 0.497 e. The number of fused-ring (bicyclic) bond motifs is 1. The Hall–Kier alpha value is -2.73. The average Bonchev–Trinajstić information content (AvgIpc) is 3.34. The third-order valence-electron chi connectivity index (χ3n) is 5.65. The minimum atomic E-state index is -0.245. The summed E-state index contributed by atoms with van der Waals surface area (Å²) in [7, 11) is 1.64. The van der Waals surface area contributed by atoms with Gasteiger partial charge in [-0.05, 0) is 30.7 Å². The van der Waals surface area contributed by atoms with Crippen LogP contribution in [0.4, 0.5) is 0 Å². The first-order chi connectivity index (χ1) is 14.0. The first kappa shape index (κ1) is 19.6. The maximum atomic E-state index is 12.7. The minimum absolute atomic E-state index is 0.0281. The number of aromatic nitrogens is 2. The summed E-state index contributed by atoms with van der Waals surface area (Å²) >= 11 is 6.24. The molecule has 1 aromatic heterocycles. The van der Waals surface area contributed by atoms with E-state index in [-0.39, 0.29) is 24.0 Å². The van der Waals surface area contributed by atoms with Gasteiger partial charge in [-0.2, -0.15) is 5.10 Å². The lowest BCUT2D eigenvalue weighted by Gasteiger charge is -2.27. The van der Waals surface area contributed by atoms with Crippen molar-refractivity contribution in [1.82, 2.24) is 14.7 Å². The fraction of sp³-hybridized carbons (Fsp3) is 0.364. The number of hydrogen-bond donors (Lipinski definition) is 0. The lowest BCUT2D eigenvalue weighted by atomic mass is 10.1. The van der Waals surface area contributed by atoms with Crippen molar-refractivity contribution >= 4 is 23.7 Å². The number of nitrogens with zero attached hydrogens (tertiary/aromatic N) is 3. The number of halogens is 1. The molecule has 3 heterocycles. The minimum Gasteiger partial charge on any atom is -0.497 e. The second-order valence-corrected chi connectivity index (χ2v) is 7.94. The zero-order valence-electron chi connectivity index (χ0n) is 16.5. The van der Waals surface area contributed by atoms with Crippen LogP contribution in [0.3, 0.4) is 0 Å². The molecule has 1 saturated heterocycles. The van der Waals surface area contributed by atoms with Gasteiger partial charge >= 0.3 is 0 Å². The molecule has 1 fully saturated rings. The number of rotatable bonds is 6. The van der Waals surface area contributed by atoms with Gasteiger partial charge < -0.3 is 14.4 Å². The van der Waals surface area contributed by atoms with Gasteiger partial charge in [0.1, 0.15) is 11.9 Å². The van der Waals surface area contributed by atoms with Gasteiger partial charge in [-0.3, -0.25) is 4.79 Å². The molecule has 4 rings (SSSR count). The van der Waals surface area contributed by atoms with Crippen LogP contribution in [0.2, 0.25) is 0 Å². The molecule has 29 heavy (non-hydrogen) atoms. The van der Waals surface area contributed by atoms with Crippen LogP contribution < -0.4 is 4.74 Å². The van der Waals surface area contributed by atoms with Crippen LogP contribution in [-0.2, 0) is 9.53 Å². The summed E-state index contributed by atoms with van der Waals surface area (Å²) in [4.78, 5) is 14.6. The van der Waals surface area contributed by atoms with Crippen LogP contribution in [0.5, 0.6) is 5.75 Å². The average molecular weight is 414 g/mol. The summed E-state index contributed by atoms with van der Waals surface area (Å²) in [6.45, 7) is 6.75. The lowest BCUT2D eigenvalue weighted by molar-refractivity contribution is -0.129. The number of amides is 1. The smallest absolute Gasteiger partial charge is 0.223 e. The van der Waals surface area contributed by atoms with Crippen molar-refractivity contribution in [2.24, 2.45) is 5.92 Å². The van der Waals surface area contributed by atoms with E-state index in [9.17, 15) is 4.79 Å². The van der Waals surface area contributed by atoms with Crippen molar-refractivity contribution < 1.29 is 14.3 Å². The first-order valence-electron chi connectivity index (χ1n) is 9.64. The summed E-state index contributed by atoms with van der Waals surface area (Å²) in [5.74, 6) is 1.47. The molecule has 2 aliphatic rings. The van der Waals surface area contributed by atoms with Crippen LogP contribution in [0.25, 0.3) is 6.20 Å². The molecule has 0 radical (unpaired) electrons. The Morgan fingerprint density at radius 3 is 2.76 bits per heavy atom. The third kappa shape index (κ3) is 3.90. The molecule has 1 aromatic carbocycles. The molecule has 2 aromatic rings. The number of likely N-dealkylation sites (tertiary alicyclic amines) is 1. The monoisotopic (exact) mass is 413 g/mol. The first-order valence-corrected chi connectivity index (χ1v) is 10.0. The van der Waals surface area contributed by atoms with Crippen molar-refractivity contribution in [3.05, 3.63) is 65.2 Å². The molecule has 0 saturated carbocycles. The van der Waals surface area contributed by atoms with E-state index in [4.69, 9.17) is 21.1 Å². The fourth-order valence-electron chi connectivity index (χ4n) is 3.92. The summed E-state index contributed by atoms with van der Waals surface area (Å²) in [6.07, 6.45) is 4.23. The van der Waals surface area contributed by atoms with Gasteiger partial charge in [0.25, 0.3) is 0 Å². The van der Waals surface area contributed by atoms with Gasteiger partial charge in [0, 0.05) is 42.7 Å². The van der Waals surface area contributed by atoms with Crippen molar-refractivity contribution in [2.75, 3.05) is 13.7 Å². The van der Waals surface area contributed by atoms with Crippen LogP contribution in [-0.4, -0.2) is 34.2 Å². The predicted molar refractivity (Wildman–Crippen MR) is 111 cm³/mol. The summed E-state index contributed by atoms with van der Waals surface area (Å²) in [5.41, 5.74) is 2.00. The Bertz CT molecular complexity index is 950. The SMILES string of the molecule is C=C(OC1CC(Cl)=Cn2nccc21)C1CC(=O)N([C@H](C)c2ccc(OC)cc2)C1. The second-order valence-electron chi connectivity index (χ2n) is 7.45. The van der Waals surface area contributed by atoms with Gasteiger partial charge in [-0.1, -0.05) is 30.3 Å². The Morgan fingerprint density at radius 2 is 2.03 bits per heavy atom. The molecular formula is C22H24ClN3O3. The van der Waals surface area contributed by atoms with E-state index in [1.54, 1.807) is 24.2 Å². The number of carbonyl (C=O) groups is 1. The van der Waals surface area contributed by atoms with Crippen molar-refractivity contribution in [3.8, 4) is 5.75 Å². The number of carbonyl (C=O) groups excluding carboxylic acids is 1. The summed E-state index contributed by atoms with van der Waals surface area (Å²) in [6, 6.07) is 9.69. The Morgan fingerprint density at radius 1 is 1.28 bits per heavy atom. The number of benzene rings is 1. The maximum Gasteiger partial charge on any atom is 0.223 e. The molecule has 2 aliphatic heterocycles. The molecule has 7 heteroatoms. The van der Waals surface area contributed by atoms with Crippen molar-refractivity contribution in [3.63, 3.8) is 0 Å². The molecule has 0 aliphatic carbocycles. The van der Waals surface area contributed by atoms with E-state index in [0.717, 1.165) is 17.0 Å². The molecule has 0 spiro atoms. The van der Waals surface area contributed by atoms with E-state index >= 15 is 0 Å². The van der Waals surface area contributed by atoms with E-state index in [1.807, 2.05) is 42.2 Å². The Labute approximate surface area is 175 Å². The number of hydrogen-bond acceptors (Lipinski definition) is 4. The quantitative estimate of drug-likeness (QED) is 0.653. The van der Waals surface area contributed by atoms with Crippen molar-refractivity contribution in [1.29, 1.82) is 0 Å². The van der Waals surface area contributed by atoms with E-state index in [0.29, 0.717) is 30.2 Å². The molecule has 0 N–H and O–H groups in total. The van der Waals surface area contributed by atoms with Gasteiger partial charge in [-0.15, -0.1) is 0 Å². The molecule has 3 atom stereocenters. The van der Waals surface area contributed by atoms with Gasteiger partial charge in [0.15, 0.2) is 0 Å². The van der Waals surface area contributed by atoms with Crippen LogP contribution in [0, 0.1) is 5.92 Å². The predicted octanol–water partition coefficient (Wildman–Crippen LogP) is 4.51. The highest BCUT2D eigenvalue weighted by atomic mass is 35.5. The van der Waals surface area contributed by atoms with Crippen LogP contribution in [0.15, 0.2) is 53.9 Å². The second kappa shape index (κ2) is 7.95. The van der Waals surface area contributed by atoms with E-state index in [2.05, 4.69) is 11.7 Å². The lowest BCUT2D eigenvalue weighted by Crippen LogP contribution is -2.28. The van der Waals surface area contributed by atoms with Gasteiger partial charge in [0.2, 0.25) is 5.91 Å². The van der Waals surface area contributed by atoms with E-state index in [1.165, 1.54) is 0 Å². The van der Waals surface area contributed by atoms with Crippen LogP contribution >= 0.6 is 11.6 Å². The number of ether oxygens (including phenoxy) is 2. The number of methoxy groups -OCH3 is 1.